The van der Waals surface area contributed by atoms with Gasteiger partial charge in [-0.25, -0.2) is 0 Å². The fraction of sp³-hybridized carbons (Fsp3) is 0.500. The van der Waals surface area contributed by atoms with Gasteiger partial charge in [0.25, 0.3) is 0 Å². The normalized spacial score (nSPS) is 13.5. The van der Waals surface area contributed by atoms with E-state index in [-0.39, 0.29) is 69.3 Å². The van der Waals surface area contributed by atoms with E-state index in [0.29, 0.717) is 0 Å². The zero-order chi connectivity index (χ0) is 31.8. The molecule has 8 N–H and O–H groups in total. The summed E-state index contributed by atoms with van der Waals surface area (Å²) in [7, 11) is -10.9. The van der Waals surface area contributed by atoms with E-state index in [1.165, 1.54) is 12.1 Å². The molecule has 0 amide bonds. The van der Waals surface area contributed by atoms with Crippen molar-refractivity contribution in [1.29, 1.82) is 0 Å². The summed E-state index contributed by atoms with van der Waals surface area (Å²) >= 11 is 0. The molecule has 0 spiro atoms. The first-order chi connectivity index (χ1) is 19.6. The fourth-order valence-corrected chi connectivity index (χ4v) is 6.31. The van der Waals surface area contributed by atoms with Crippen molar-refractivity contribution in [3.05, 3.63) is 57.6 Å². The maximum atomic E-state index is 11.9. The van der Waals surface area contributed by atoms with Gasteiger partial charge in [-0.15, -0.1) is 0 Å². The van der Waals surface area contributed by atoms with E-state index in [2.05, 4.69) is 0 Å². The maximum Gasteiger partial charge on any atom is 3.00 e. The number of hydrogen-bond acceptors (Lipinski definition) is 16. The van der Waals surface area contributed by atoms with E-state index in [4.69, 9.17) is 0 Å². The summed E-state index contributed by atoms with van der Waals surface area (Å²) < 4.78 is 23.8. The van der Waals surface area contributed by atoms with Gasteiger partial charge in [-0.1, -0.05) is 27.3 Å². The van der Waals surface area contributed by atoms with Crippen LogP contribution in [0.1, 0.15) is 33.4 Å². The van der Waals surface area contributed by atoms with Crippen molar-refractivity contribution in [2.24, 2.45) is 0 Å². The predicted octanol–water partition coefficient (Wildman–Crippen LogP) is -7.16. The molecule has 2 aromatic carbocycles. The van der Waals surface area contributed by atoms with Gasteiger partial charge in [-0.2, -0.15) is 0 Å². The Morgan fingerprint density at radius 2 is 1.11 bits per heavy atom. The van der Waals surface area contributed by atoms with Crippen molar-refractivity contribution in [2.75, 3.05) is 25.8 Å². The average Bonchev–Trinajstić information content (AvgIpc) is 2.91. The van der Waals surface area contributed by atoms with E-state index in [9.17, 15) is 69.6 Å². The van der Waals surface area contributed by atoms with Crippen LogP contribution in [-0.2, 0) is 65.7 Å². The number of rotatable bonds is 17. The molecule has 0 aliphatic heterocycles. The van der Waals surface area contributed by atoms with Crippen LogP contribution in [0.15, 0.2) is 24.3 Å². The molecule has 0 aromatic heterocycles. The topological polar surface area (TPSA) is 295 Å². The van der Waals surface area contributed by atoms with E-state index in [0.717, 1.165) is 21.9 Å². The Kier molecular flexibility index (Phi) is 18.7. The molecule has 243 valence electrons. The molecule has 2 rings (SSSR count). The number of hydrogen-bond donors (Lipinski definition) is 8. The van der Waals surface area contributed by atoms with Gasteiger partial charge in [-0.05, 0) is 34.4 Å². The third-order valence-corrected chi connectivity index (χ3v) is 8.17. The van der Waals surface area contributed by atoms with Gasteiger partial charge < -0.3 is 69.6 Å². The Labute approximate surface area is 276 Å². The molecule has 0 saturated carbocycles. The number of aromatic hydroxyl groups is 2. The third kappa shape index (κ3) is 12.1. The summed E-state index contributed by atoms with van der Waals surface area (Å²) in [5.41, 5.74) is 0.0847. The first-order valence-electron chi connectivity index (χ1n) is 12.4. The molecule has 0 aliphatic carbocycles. The molecule has 2 atom stereocenters. The second kappa shape index (κ2) is 19.1. The van der Waals surface area contributed by atoms with E-state index in [1.807, 2.05) is 0 Å². The zero-order valence-corrected chi connectivity index (χ0v) is 26.6. The van der Waals surface area contributed by atoms with Gasteiger partial charge in [0.2, 0.25) is 0 Å². The minimum atomic E-state index is -5.45. The summed E-state index contributed by atoms with van der Waals surface area (Å²) in [5, 5.41) is 80.4. The molecule has 16 nitrogen and oxygen atoms in total. The van der Waals surface area contributed by atoms with Crippen molar-refractivity contribution in [3.63, 3.8) is 0 Å². The minimum Gasteiger partial charge on any atom is -0.810 e. The van der Waals surface area contributed by atoms with E-state index in [1.54, 1.807) is 0 Å². The van der Waals surface area contributed by atoms with Gasteiger partial charge in [0.1, 0.15) is 11.5 Å². The van der Waals surface area contributed by atoms with Crippen LogP contribution < -0.4 is 38.4 Å². The number of aliphatic hydroxyl groups is 6. The Balaban J connectivity index is 0.00000924. The van der Waals surface area contributed by atoms with Crippen LogP contribution in [0.3, 0.4) is 0 Å². The van der Waals surface area contributed by atoms with Crippen LogP contribution in [0.4, 0.5) is 0 Å². The summed E-state index contributed by atoms with van der Waals surface area (Å²) in [5.74, 6) is -0.995. The van der Waals surface area contributed by atoms with Crippen molar-refractivity contribution in [2.45, 2.75) is 51.6 Å². The molecule has 0 saturated heterocycles. The maximum absolute atomic E-state index is 11.9. The van der Waals surface area contributed by atoms with Crippen LogP contribution in [-0.4, -0.2) is 88.5 Å². The molecule has 1 radical (unpaired) electrons. The van der Waals surface area contributed by atoms with Crippen molar-refractivity contribution >= 4 is 15.2 Å². The van der Waals surface area contributed by atoms with Gasteiger partial charge in [0, 0.05) is 36.8 Å². The van der Waals surface area contributed by atoms with Crippen molar-refractivity contribution < 1.29 is 105 Å². The molecule has 0 aliphatic rings. The fourth-order valence-electron chi connectivity index (χ4n) is 4.80. The van der Waals surface area contributed by atoms with Crippen LogP contribution in [0.5, 0.6) is 11.5 Å². The Morgan fingerprint density at radius 3 is 1.50 bits per heavy atom. The number of benzene rings is 2. The van der Waals surface area contributed by atoms with Crippen molar-refractivity contribution in [3.8, 4) is 11.5 Å². The SMILES string of the molecule is O=P([O-])([O-])CN(Cc1c(O)cc(CO)cc1CO)C(CO)C(CO)N(Cc1c(O)ccc(CO)c1CO)CP(=O)([O-])[O-].[Fe+3].[Li+]. The monoisotopic (exact) mass is 699 g/mol. The first-order valence-corrected chi connectivity index (χ1v) is 15.9. The molecule has 2 aromatic rings. The second-order valence-corrected chi connectivity index (χ2v) is 12.6. The Bertz CT molecular complexity index is 1300. The molecule has 44 heavy (non-hydrogen) atoms. The van der Waals surface area contributed by atoms with Gasteiger partial charge in [-0.3, -0.25) is 9.80 Å². The second-order valence-electron chi connectivity index (χ2n) is 9.58. The molecule has 0 fully saturated rings. The average molecular weight is 699 g/mol. The van der Waals surface area contributed by atoms with Crippen LogP contribution >= 0.6 is 15.2 Å². The number of phenols is 2. The van der Waals surface area contributed by atoms with E-state index >= 15 is 0 Å². The summed E-state index contributed by atoms with van der Waals surface area (Å²) in [6, 6.07) is 1.61. The summed E-state index contributed by atoms with van der Waals surface area (Å²) in [6.45, 7) is -5.90. The van der Waals surface area contributed by atoms with Gasteiger partial charge in [0.05, 0.1) is 51.7 Å². The minimum absolute atomic E-state index is 0. The van der Waals surface area contributed by atoms with Crippen LogP contribution in [0.2, 0.25) is 0 Å². The van der Waals surface area contributed by atoms with Crippen molar-refractivity contribution in [1.82, 2.24) is 9.80 Å². The summed E-state index contributed by atoms with van der Waals surface area (Å²) in [4.78, 5) is 49.2. The molecule has 0 heterocycles. The predicted molar refractivity (Wildman–Crippen MR) is 138 cm³/mol. The van der Waals surface area contributed by atoms with Crippen LogP contribution in [0.25, 0.3) is 0 Å². The smallest absolute Gasteiger partial charge is 0.810 e. The Morgan fingerprint density at radius 1 is 0.636 bits per heavy atom. The number of aliphatic hydroxyl groups excluding tert-OH is 6. The third-order valence-electron chi connectivity index (χ3n) is 6.75. The molecule has 0 bridgehead atoms. The van der Waals surface area contributed by atoms with Gasteiger partial charge in [0.15, 0.2) is 0 Å². The zero-order valence-electron chi connectivity index (χ0n) is 23.7. The van der Waals surface area contributed by atoms with Gasteiger partial charge >= 0.3 is 35.9 Å². The standard InChI is InChI=1S/C24H38N2O14P2.Fe.Li/c27-7-15-3-17(9-29)18(24(34)4-15)5-25(13-41(35,36)37)21(11-31)22(12-32)26(14-42(38,39)40)6-19-20(10-30)16(8-28)1-2-23(19)33;;/h1-4,21-22,27-34H,5-14H2,(H2,35,36,37)(H2,38,39,40);;/q;+3;+1/p-4. The first kappa shape index (κ1) is 43.1. The largest absolute Gasteiger partial charge is 3.00 e. The van der Waals surface area contributed by atoms with Crippen LogP contribution in [0, 0.1) is 0 Å². The Hall–Kier alpha value is -0.863. The molecule has 2 unspecified atom stereocenters. The quantitative estimate of drug-likeness (QED) is 0.0562. The summed E-state index contributed by atoms with van der Waals surface area (Å²) in [6.07, 6.45) is -2.63. The number of phenolic OH excluding ortho intramolecular Hbond substituents is 2. The number of nitrogens with zero attached hydrogens (tertiary/aromatic N) is 2. The molecule has 20 heteroatoms. The molecular formula is C24H34FeLiN2O14P2. The molecular weight excluding hydrogens is 665 g/mol. The van der Waals surface area contributed by atoms with E-state index < -0.39 is 104 Å².